The summed E-state index contributed by atoms with van der Waals surface area (Å²) in [6.45, 7) is 0. The molecule has 0 N–H and O–H groups in total. The van der Waals surface area contributed by atoms with E-state index in [1.54, 1.807) is 44.6 Å². The number of hydrogen-bond acceptors (Lipinski definition) is 3. The number of nitrogens with zero attached hydrogens (tertiary/aromatic N) is 1. The average molecular weight is 409 g/mol. The van der Waals surface area contributed by atoms with Crippen molar-refractivity contribution in [3.63, 3.8) is 0 Å². The molecule has 2 aromatic rings. The molecule has 0 radical (unpaired) electrons. The summed E-state index contributed by atoms with van der Waals surface area (Å²) in [4.78, 5) is 0. The van der Waals surface area contributed by atoms with Crippen molar-refractivity contribution >= 4 is 34.2 Å². The maximum atomic E-state index is 13.8. The molecule has 0 aromatic heterocycles. The lowest BCUT2D eigenvalue weighted by Gasteiger charge is -2.11. The van der Waals surface area contributed by atoms with Gasteiger partial charge in [0.15, 0.2) is 11.5 Å². The van der Waals surface area contributed by atoms with Crippen molar-refractivity contribution in [3.05, 3.63) is 56.9 Å². The molecule has 2 aromatic carbocycles. The fourth-order valence-electron chi connectivity index (χ4n) is 2.04. The van der Waals surface area contributed by atoms with Crippen molar-refractivity contribution in [2.24, 2.45) is 0 Å². The molecule has 0 fully saturated rings. The maximum absolute atomic E-state index is 13.8. The molecular weight excluding hydrogens is 396 g/mol. The van der Waals surface area contributed by atoms with Crippen molar-refractivity contribution in [2.75, 3.05) is 14.2 Å². The van der Waals surface area contributed by atoms with Gasteiger partial charge in [0, 0.05) is 5.56 Å². The van der Waals surface area contributed by atoms with E-state index in [9.17, 15) is 9.65 Å². The molecule has 0 saturated heterocycles. The van der Waals surface area contributed by atoms with Crippen LogP contribution in [0.2, 0.25) is 0 Å². The second kappa shape index (κ2) is 7.27. The van der Waals surface area contributed by atoms with E-state index in [4.69, 9.17) is 9.47 Å². The van der Waals surface area contributed by atoms with Crippen LogP contribution in [0, 0.1) is 20.7 Å². The summed E-state index contributed by atoms with van der Waals surface area (Å²) in [5, 5.41) is 9.32. The summed E-state index contributed by atoms with van der Waals surface area (Å²) in [5.74, 6) is 0.765. The number of allylic oxidation sites excluding steroid dienone is 1. The SMILES string of the molecule is COc1cc(/C=C(/C#N)c2ccccc2F)cc(I)c1OC. The Balaban J connectivity index is 2.54. The minimum Gasteiger partial charge on any atom is -0.493 e. The van der Waals surface area contributed by atoms with E-state index < -0.39 is 5.82 Å². The van der Waals surface area contributed by atoms with Gasteiger partial charge in [0.2, 0.25) is 0 Å². The minimum atomic E-state index is -0.425. The molecule has 0 spiro atoms. The van der Waals surface area contributed by atoms with Gasteiger partial charge in [-0.1, -0.05) is 18.2 Å². The van der Waals surface area contributed by atoms with Crippen LogP contribution < -0.4 is 9.47 Å². The van der Waals surface area contributed by atoms with Crippen LogP contribution >= 0.6 is 22.6 Å². The predicted molar refractivity (Wildman–Crippen MR) is 92.1 cm³/mol. The van der Waals surface area contributed by atoms with Crippen molar-refractivity contribution < 1.29 is 13.9 Å². The van der Waals surface area contributed by atoms with Crippen LogP contribution in [-0.4, -0.2) is 14.2 Å². The number of rotatable bonds is 4. The summed E-state index contributed by atoms with van der Waals surface area (Å²) in [7, 11) is 3.11. The molecule has 0 saturated carbocycles. The van der Waals surface area contributed by atoms with Crippen molar-refractivity contribution in [1.29, 1.82) is 5.26 Å². The summed E-state index contributed by atoms with van der Waals surface area (Å²) in [6, 6.07) is 11.8. The van der Waals surface area contributed by atoms with Gasteiger partial charge < -0.3 is 9.47 Å². The van der Waals surface area contributed by atoms with Crippen LogP contribution in [0.15, 0.2) is 36.4 Å². The zero-order valence-corrected chi connectivity index (χ0v) is 14.2. The summed E-state index contributed by atoms with van der Waals surface area (Å²) >= 11 is 2.12. The lowest BCUT2D eigenvalue weighted by Crippen LogP contribution is -1.94. The first-order valence-electron chi connectivity index (χ1n) is 6.39. The number of ether oxygens (including phenoxy) is 2. The normalized spacial score (nSPS) is 11.0. The summed E-state index contributed by atoms with van der Waals surface area (Å²) in [5.41, 5.74) is 1.26. The van der Waals surface area contributed by atoms with Crippen LogP contribution in [0.1, 0.15) is 11.1 Å². The van der Waals surface area contributed by atoms with Gasteiger partial charge in [-0.05, 0) is 52.4 Å². The third kappa shape index (κ3) is 3.39. The first-order chi connectivity index (χ1) is 10.6. The summed E-state index contributed by atoms with van der Waals surface area (Å²) in [6.07, 6.45) is 1.63. The molecule has 0 heterocycles. The molecular formula is C17H13FINO2. The Kier molecular flexibility index (Phi) is 5.39. The van der Waals surface area contributed by atoms with Gasteiger partial charge in [-0.25, -0.2) is 4.39 Å². The Morgan fingerprint density at radius 3 is 2.55 bits per heavy atom. The van der Waals surface area contributed by atoms with E-state index in [0.717, 1.165) is 9.13 Å². The van der Waals surface area contributed by atoms with Crippen LogP contribution in [0.25, 0.3) is 11.6 Å². The largest absolute Gasteiger partial charge is 0.493 e. The van der Waals surface area contributed by atoms with Crippen LogP contribution in [0.3, 0.4) is 0 Å². The standard InChI is InChI=1S/C17H13FINO2/c1-21-16-9-11(8-15(19)17(16)22-2)7-12(10-20)13-5-3-4-6-14(13)18/h3-9H,1-2H3/b12-7-. The predicted octanol–water partition coefficient (Wildman–Crippen LogP) is 4.51. The number of nitriles is 1. The Morgan fingerprint density at radius 2 is 1.95 bits per heavy atom. The topological polar surface area (TPSA) is 42.2 Å². The number of methoxy groups -OCH3 is 2. The van der Waals surface area contributed by atoms with Gasteiger partial charge in [0.1, 0.15) is 5.82 Å². The van der Waals surface area contributed by atoms with Crippen LogP contribution in [-0.2, 0) is 0 Å². The molecule has 0 aliphatic rings. The first kappa shape index (κ1) is 16.3. The van der Waals surface area contributed by atoms with E-state index >= 15 is 0 Å². The minimum absolute atomic E-state index is 0.251. The quantitative estimate of drug-likeness (QED) is 0.424. The third-order valence-electron chi connectivity index (χ3n) is 3.05. The van der Waals surface area contributed by atoms with E-state index in [0.29, 0.717) is 11.5 Å². The van der Waals surface area contributed by atoms with Gasteiger partial charge in [0.05, 0.1) is 29.4 Å². The molecule has 0 unspecified atom stereocenters. The molecule has 3 nitrogen and oxygen atoms in total. The molecule has 112 valence electrons. The molecule has 0 bridgehead atoms. The highest BCUT2D eigenvalue weighted by Gasteiger charge is 2.11. The van der Waals surface area contributed by atoms with Crippen molar-refractivity contribution in [3.8, 4) is 17.6 Å². The zero-order valence-electron chi connectivity index (χ0n) is 12.1. The number of halogens is 2. The Bertz CT molecular complexity index is 766. The van der Waals surface area contributed by atoms with Gasteiger partial charge in [-0.15, -0.1) is 0 Å². The van der Waals surface area contributed by atoms with Crippen LogP contribution in [0.5, 0.6) is 11.5 Å². The molecule has 5 heteroatoms. The first-order valence-corrected chi connectivity index (χ1v) is 7.46. The Labute approximate surface area is 142 Å². The molecule has 0 aliphatic heterocycles. The van der Waals surface area contributed by atoms with Crippen molar-refractivity contribution in [1.82, 2.24) is 0 Å². The monoisotopic (exact) mass is 409 g/mol. The highest BCUT2D eigenvalue weighted by molar-refractivity contribution is 14.1. The van der Waals surface area contributed by atoms with Gasteiger partial charge in [-0.2, -0.15) is 5.26 Å². The lowest BCUT2D eigenvalue weighted by atomic mass is 10.0. The highest BCUT2D eigenvalue weighted by atomic mass is 127. The molecule has 2 rings (SSSR count). The zero-order chi connectivity index (χ0) is 16.1. The number of benzene rings is 2. The van der Waals surface area contributed by atoms with E-state index in [1.165, 1.54) is 6.07 Å². The van der Waals surface area contributed by atoms with Crippen LogP contribution in [0.4, 0.5) is 4.39 Å². The molecule has 0 atom stereocenters. The number of hydrogen-bond donors (Lipinski definition) is 0. The Morgan fingerprint density at radius 1 is 1.23 bits per heavy atom. The van der Waals surface area contributed by atoms with Crippen molar-refractivity contribution in [2.45, 2.75) is 0 Å². The Hall–Kier alpha value is -2.07. The average Bonchev–Trinajstić information content (AvgIpc) is 2.52. The van der Waals surface area contributed by atoms with Gasteiger partial charge in [0.25, 0.3) is 0 Å². The van der Waals surface area contributed by atoms with Gasteiger partial charge >= 0.3 is 0 Å². The second-order valence-electron chi connectivity index (χ2n) is 4.39. The maximum Gasteiger partial charge on any atom is 0.174 e. The fourth-order valence-corrected chi connectivity index (χ4v) is 2.88. The molecule has 0 amide bonds. The molecule has 0 aliphatic carbocycles. The fraction of sp³-hybridized carbons (Fsp3) is 0.118. The molecule has 22 heavy (non-hydrogen) atoms. The smallest absolute Gasteiger partial charge is 0.174 e. The van der Waals surface area contributed by atoms with E-state index in [1.807, 2.05) is 12.1 Å². The second-order valence-corrected chi connectivity index (χ2v) is 5.55. The van der Waals surface area contributed by atoms with E-state index in [2.05, 4.69) is 22.6 Å². The summed E-state index contributed by atoms with van der Waals surface area (Å²) < 4.78 is 25.2. The highest BCUT2D eigenvalue weighted by Crippen LogP contribution is 2.34. The lowest BCUT2D eigenvalue weighted by molar-refractivity contribution is 0.353. The van der Waals surface area contributed by atoms with E-state index in [-0.39, 0.29) is 11.1 Å². The third-order valence-corrected chi connectivity index (χ3v) is 3.85. The van der Waals surface area contributed by atoms with Gasteiger partial charge in [-0.3, -0.25) is 0 Å².